The molecule has 1 rings (SSSR count). The first kappa shape index (κ1) is 12.0. The summed E-state index contributed by atoms with van der Waals surface area (Å²) >= 11 is 0. The van der Waals surface area contributed by atoms with E-state index in [0.717, 1.165) is 25.8 Å². The molecule has 1 aliphatic heterocycles. The van der Waals surface area contributed by atoms with E-state index in [1.165, 1.54) is 0 Å². The van der Waals surface area contributed by atoms with Gasteiger partial charge in [0.05, 0.1) is 0 Å². The molecule has 1 aliphatic rings. The van der Waals surface area contributed by atoms with Crippen molar-refractivity contribution in [2.24, 2.45) is 0 Å². The largest absolute Gasteiger partial charge is 0.338 e. The van der Waals surface area contributed by atoms with Gasteiger partial charge in [0.25, 0.3) is 0 Å². The first-order valence-corrected chi connectivity index (χ1v) is 5.69. The number of urea groups is 1. The lowest BCUT2D eigenvalue weighted by Crippen LogP contribution is -2.49. The molecule has 1 unspecified atom stereocenters. The fourth-order valence-electron chi connectivity index (χ4n) is 2.06. The molecule has 4 heteroatoms. The molecule has 0 radical (unpaired) electrons. The van der Waals surface area contributed by atoms with E-state index in [9.17, 15) is 9.59 Å². The fraction of sp³-hybridized carbons (Fsp3) is 0.818. The summed E-state index contributed by atoms with van der Waals surface area (Å²) in [6, 6.07) is 0.0891. The molecule has 1 fully saturated rings. The topological polar surface area (TPSA) is 49.4 Å². The summed E-state index contributed by atoms with van der Waals surface area (Å²) in [5.74, 6) is 0.163. The van der Waals surface area contributed by atoms with Crippen LogP contribution in [0.15, 0.2) is 0 Å². The molecular formula is C11H20N2O2. The van der Waals surface area contributed by atoms with Crippen molar-refractivity contribution in [1.29, 1.82) is 0 Å². The first-order chi connectivity index (χ1) is 7.15. The first-order valence-electron chi connectivity index (χ1n) is 5.69. The van der Waals surface area contributed by atoms with E-state index < -0.39 is 0 Å². The number of carbonyl (C=O) groups is 2. The van der Waals surface area contributed by atoms with Crippen molar-refractivity contribution in [1.82, 2.24) is 10.2 Å². The Hall–Kier alpha value is -1.06. The lowest BCUT2D eigenvalue weighted by Gasteiger charge is -2.35. The van der Waals surface area contributed by atoms with Gasteiger partial charge in [0.1, 0.15) is 5.78 Å². The number of likely N-dealkylation sites (tertiary alicyclic amines) is 1. The van der Waals surface area contributed by atoms with E-state index in [1.807, 2.05) is 11.8 Å². The minimum absolute atomic E-state index is 0.0246. The molecule has 0 aliphatic carbocycles. The third kappa shape index (κ3) is 3.53. The predicted octanol–water partition coefficient (Wildman–Crippen LogP) is 1.55. The van der Waals surface area contributed by atoms with Crippen LogP contribution in [0.5, 0.6) is 0 Å². The van der Waals surface area contributed by atoms with Crippen molar-refractivity contribution >= 4 is 11.8 Å². The molecule has 0 saturated carbocycles. The molecule has 0 bridgehead atoms. The minimum Gasteiger partial charge on any atom is -0.338 e. The predicted molar refractivity (Wildman–Crippen MR) is 58.7 cm³/mol. The Morgan fingerprint density at radius 3 is 2.73 bits per heavy atom. The van der Waals surface area contributed by atoms with Crippen LogP contribution in [0.1, 0.15) is 39.5 Å². The highest BCUT2D eigenvalue weighted by Crippen LogP contribution is 2.19. The standard InChI is InChI=1S/C11H20N2O2/c1-3-12-11(15)13-7-5-4-6-10(13)8-9(2)14/h10H,3-8H2,1-2H3,(H,12,15). The normalized spacial score (nSPS) is 21.2. The number of piperidine rings is 1. The number of rotatable bonds is 3. The van der Waals surface area contributed by atoms with Crippen molar-refractivity contribution in [3.63, 3.8) is 0 Å². The molecule has 86 valence electrons. The van der Waals surface area contributed by atoms with E-state index >= 15 is 0 Å². The number of amides is 2. The monoisotopic (exact) mass is 212 g/mol. The van der Waals surface area contributed by atoms with Gasteiger partial charge in [-0.2, -0.15) is 0 Å². The van der Waals surface area contributed by atoms with E-state index in [0.29, 0.717) is 13.0 Å². The van der Waals surface area contributed by atoms with Gasteiger partial charge in [-0.1, -0.05) is 0 Å². The minimum atomic E-state index is -0.0246. The third-order valence-electron chi connectivity index (χ3n) is 2.74. The van der Waals surface area contributed by atoms with Crippen LogP contribution >= 0.6 is 0 Å². The van der Waals surface area contributed by atoms with Gasteiger partial charge in [-0.05, 0) is 33.1 Å². The molecule has 1 N–H and O–H groups in total. The molecule has 4 nitrogen and oxygen atoms in total. The Bertz CT molecular complexity index is 241. The highest BCUT2D eigenvalue weighted by atomic mass is 16.2. The third-order valence-corrected chi connectivity index (χ3v) is 2.74. The van der Waals surface area contributed by atoms with Crippen LogP contribution in [0.2, 0.25) is 0 Å². The van der Waals surface area contributed by atoms with Crippen molar-refractivity contribution in [2.75, 3.05) is 13.1 Å². The highest BCUT2D eigenvalue weighted by Gasteiger charge is 2.26. The van der Waals surface area contributed by atoms with E-state index in [1.54, 1.807) is 6.92 Å². The summed E-state index contributed by atoms with van der Waals surface area (Å²) < 4.78 is 0. The second kappa shape index (κ2) is 5.73. The lowest BCUT2D eigenvalue weighted by atomic mass is 9.98. The van der Waals surface area contributed by atoms with E-state index in [4.69, 9.17) is 0 Å². The van der Waals surface area contributed by atoms with Crippen molar-refractivity contribution in [3.8, 4) is 0 Å². The summed E-state index contributed by atoms with van der Waals surface area (Å²) in [4.78, 5) is 24.6. The second-order valence-electron chi connectivity index (χ2n) is 4.08. The Balaban J connectivity index is 2.56. The number of nitrogens with one attached hydrogen (secondary N) is 1. The van der Waals surface area contributed by atoms with Gasteiger partial charge in [0, 0.05) is 25.6 Å². The maximum Gasteiger partial charge on any atom is 0.317 e. The smallest absolute Gasteiger partial charge is 0.317 e. The van der Waals surface area contributed by atoms with Crippen LogP contribution < -0.4 is 5.32 Å². The maximum absolute atomic E-state index is 11.7. The summed E-state index contributed by atoms with van der Waals surface area (Å²) in [6.07, 6.45) is 3.62. The Kier molecular flexibility index (Phi) is 4.59. The van der Waals surface area contributed by atoms with Gasteiger partial charge in [-0.3, -0.25) is 4.79 Å². The SMILES string of the molecule is CCNC(=O)N1CCCCC1CC(C)=O. The summed E-state index contributed by atoms with van der Waals surface area (Å²) in [7, 11) is 0. The number of nitrogens with zero attached hydrogens (tertiary/aromatic N) is 1. The molecule has 1 atom stereocenters. The molecule has 2 amide bonds. The zero-order valence-corrected chi connectivity index (χ0v) is 9.58. The zero-order valence-electron chi connectivity index (χ0n) is 9.58. The number of carbonyl (C=O) groups excluding carboxylic acids is 2. The molecular weight excluding hydrogens is 192 g/mol. The van der Waals surface area contributed by atoms with Crippen LogP contribution in [-0.2, 0) is 4.79 Å². The molecule has 0 aromatic heterocycles. The molecule has 1 saturated heterocycles. The summed E-state index contributed by atoms with van der Waals surface area (Å²) in [5, 5.41) is 2.79. The quantitative estimate of drug-likeness (QED) is 0.771. The van der Waals surface area contributed by atoms with Gasteiger partial charge in [0.2, 0.25) is 0 Å². The molecule has 0 aromatic rings. The second-order valence-corrected chi connectivity index (χ2v) is 4.08. The molecule has 1 heterocycles. The number of hydrogen-bond acceptors (Lipinski definition) is 2. The van der Waals surface area contributed by atoms with Gasteiger partial charge in [0.15, 0.2) is 0 Å². The summed E-state index contributed by atoms with van der Waals surface area (Å²) in [6.45, 7) is 4.91. The lowest BCUT2D eigenvalue weighted by molar-refractivity contribution is -0.118. The number of hydrogen-bond donors (Lipinski definition) is 1. The van der Waals surface area contributed by atoms with Crippen molar-refractivity contribution in [3.05, 3.63) is 0 Å². The molecule has 15 heavy (non-hydrogen) atoms. The highest BCUT2D eigenvalue weighted by molar-refractivity contribution is 5.78. The number of Topliss-reactive ketones (excluding diaryl/α,β-unsaturated/α-hetero) is 1. The fourth-order valence-corrected chi connectivity index (χ4v) is 2.06. The van der Waals surface area contributed by atoms with Gasteiger partial charge in [-0.15, -0.1) is 0 Å². The summed E-state index contributed by atoms with van der Waals surface area (Å²) in [5.41, 5.74) is 0. The van der Waals surface area contributed by atoms with Crippen LogP contribution in [0, 0.1) is 0 Å². The van der Waals surface area contributed by atoms with Crippen molar-refractivity contribution in [2.45, 2.75) is 45.6 Å². The van der Waals surface area contributed by atoms with E-state index in [2.05, 4.69) is 5.32 Å². The van der Waals surface area contributed by atoms with E-state index in [-0.39, 0.29) is 17.9 Å². The van der Waals surface area contributed by atoms with Gasteiger partial charge >= 0.3 is 6.03 Å². The van der Waals surface area contributed by atoms with Gasteiger partial charge in [-0.25, -0.2) is 4.79 Å². The van der Waals surface area contributed by atoms with Crippen LogP contribution in [0.3, 0.4) is 0 Å². The molecule has 0 aromatic carbocycles. The molecule has 0 spiro atoms. The maximum atomic E-state index is 11.7. The average molecular weight is 212 g/mol. The van der Waals surface area contributed by atoms with Crippen molar-refractivity contribution < 1.29 is 9.59 Å². The zero-order chi connectivity index (χ0) is 11.3. The Morgan fingerprint density at radius 2 is 2.13 bits per heavy atom. The Labute approximate surface area is 91.0 Å². The van der Waals surface area contributed by atoms with Crippen LogP contribution in [0.25, 0.3) is 0 Å². The average Bonchev–Trinajstić information content (AvgIpc) is 2.18. The van der Waals surface area contributed by atoms with Gasteiger partial charge < -0.3 is 10.2 Å². The Morgan fingerprint density at radius 1 is 1.40 bits per heavy atom. The van der Waals surface area contributed by atoms with Crippen LogP contribution in [-0.4, -0.2) is 35.8 Å². The van der Waals surface area contributed by atoms with Crippen LogP contribution in [0.4, 0.5) is 4.79 Å². The number of ketones is 1.